The molecule has 6 heteroatoms. The topological polar surface area (TPSA) is 51.0 Å². The molecule has 0 aromatic carbocycles. The first-order valence-electron chi connectivity index (χ1n) is 4.81. The van der Waals surface area contributed by atoms with Gasteiger partial charge >= 0.3 is 6.03 Å². The van der Waals surface area contributed by atoms with Gasteiger partial charge in [-0.3, -0.25) is 4.57 Å². The highest BCUT2D eigenvalue weighted by molar-refractivity contribution is 7.11. The summed E-state index contributed by atoms with van der Waals surface area (Å²) in [6.07, 6.45) is 6.52. The van der Waals surface area contributed by atoms with Crippen LogP contribution in [0.4, 0.5) is 4.79 Å². The zero-order valence-corrected chi connectivity index (χ0v) is 9.94. The number of carbonyl (C=O) groups excluding carboxylic acids is 1. The number of hydrogen-bond donors (Lipinski definition) is 0. The third kappa shape index (κ3) is 2.27. The Morgan fingerprint density at radius 2 is 2.44 bits per heavy atom. The molecule has 0 aliphatic heterocycles. The molecule has 2 heterocycles. The van der Waals surface area contributed by atoms with Crippen molar-refractivity contribution >= 4 is 17.4 Å². The minimum Gasteiger partial charge on any atom is -0.322 e. The van der Waals surface area contributed by atoms with Crippen LogP contribution >= 0.6 is 11.3 Å². The molecule has 5 nitrogen and oxygen atoms in total. The second-order valence-corrected chi connectivity index (χ2v) is 4.77. The Hall–Kier alpha value is -1.69. The summed E-state index contributed by atoms with van der Waals surface area (Å²) in [5, 5.41) is 1.01. The van der Waals surface area contributed by atoms with Gasteiger partial charge < -0.3 is 4.90 Å². The van der Waals surface area contributed by atoms with Crippen molar-refractivity contribution in [2.24, 2.45) is 0 Å². The molecule has 0 aliphatic rings. The zero-order valence-electron chi connectivity index (χ0n) is 9.12. The van der Waals surface area contributed by atoms with Crippen molar-refractivity contribution in [2.45, 2.75) is 13.5 Å². The predicted octanol–water partition coefficient (Wildman–Crippen LogP) is 1.75. The van der Waals surface area contributed by atoms with Gasteiger partial charge in [0.15, 0.2) is 0 Å². The normalized spacial score (nSPS) is 10.4. The van der Waals surface area contributed by atoms with Crippen LogP contribution in [0.5, 0.6) is 0 Å². The van der Waals surface area contributed by atoms with E-state index in [1.54, 1.807) is 41.9 Å². The van der Waals surface area contributed by atoms with E-state index in [2.05, 4.69) is 9.97 Å². The fourth-order valence-electron chi connectivity index (χ4n) is 1.35. The van der Waals surface area contributed by atoms with Gasteiger partial charge in [0.1, 0.15) is 6.33 Å². The van der Waals surface area contributed by atoms with Gasteiger partial charge in [0.2, 0.25) is 0 Å². The average molecular weight is 236 g/mol. The number of imidazole rings is 1. The van der Waals surface area contributed by atoms with Gasteiger partial charge in [0, 0.05) is 30.5 Å². The summed E-state index contributed by atoms with van der Waals surface area (Å²) in [6.45, 7) is 2.52. The van der Waals surface area contributed by atoms with Gasteiger partial charge in [-0.05, 0) is 6.92 Å². The lowest BCUT2D eigenvalue weighted by atomic mass is 10.5. The third-order valence-corrected chi connectivity index (χ3v) is 3.01. The number of aryl methyl sites for hydroxylation is 1. The van der Waals surface area contributed by atoms with E-state index in [9.17, 15) is 4.79 Å². The van der Waals surface area contributed by atoms with Gasteiger partial charge in [-0.25, -0.2) is 14.8 Å². The fourth-order valence-corrected chi connectivity index (χ4v) is 2.20. The van der Waals surface area contributed by atoms with Crippen LogP contribution in [0, 0.1) is 6.92 Å². The lowest BCUT2D eigenvalue weighted by Crippen LogP contribution is -2.29. The van der Waals surface area contributed by atoms with Crippen LogP contribution in [0.15, 0.2) is 24.9 Å². The van der Waals surface area contributed by atoms with Crippen molar-refractivity contribution < 1.29 is 4.79 Å². The Balaban J connectivity index is 2.03. The third-order valence-electron chi connectivity index (χ3n) is 2.11. The fraction of sp³-hybridized carbons (Fsp3) is 0.300. The van der Waals surface area contributed by atoms with E-state index in [4.69, 9.17) is 0 Å². The van der Waals surface area contributed by atoms with Gasteiger partial charge in [-0.2, -0.15) is 0 Å². The zero-order chi connectivity index (χ0) is 11.5. The van der Waals surface area contributed by atoms with Crippen LogP contribution in [-0.2, 0) is 6.54 Å². The first-order chi connectivity index (χ1) is 7.66. The number of nitrogens with zero attached hydrogens (tertiary/aromatic N) is 4. The number of thiazole rings is 1. The summed E-state index contributed by atoms with van der Waals surface area (Å²) in [7, 11) is 1.76. The number of hydrogen-bond acceptors (Lipinski definition) is 4. The molecule has 0 saturated carbocycles. The van der Waals surface area contributed by atoms with Crippen molar-refractivity contribution in [2.75, 3.05) is 7.05 Å². The van der Waals surface area contributed by atoms with E-state index in [1.807, 2.05) is 6.92 Å². The van der Waals surface area contributed by atoms with E-state index < -0.39 is 0 Å². The standard InChI is InChI=1S/C10H12N4OS/c1-8-12-5-9(16-8)6-13(2)10(15)14-4-3-11-7-14/h3-5,7H,6H2,1-2H3. The summed E-state index contributed by atoms with van der Waals surface area (Å²) in [5.41, 5.74) is 0. The summed E-state index contributed by atoms with van der Waals surface area (Å²) >= 11 is 1.60. The van der Waals surface area contributed by atoms with Gasteiger partial charge in [0.05, 0.1) is 11.6 Å². The quantitative estimate of drug-likeness (QED) is 0.798. The van der Waals surface area contributed by atoms with E-state index in [0.29, 0.717) is 6.54 Å². The van der Waals surface area contributed by atoms with Crippen molar-refractivity contribution in [3.05, 3.63) is 34.8 Å². The number of aromatic nitrogens is 3. The van der Waals surface area contributed by atoms with Crippen LogP contribution in [0.1, 0.15) is 9.88 Å². The first kappa shape index (κ1) is 10.8. The molecule has 2 rings (SSSR count). The molecular weight excluding hydrogens is 224 g/mol. The van der Waals surface area contributed by atoms with Crippen molar-refractivity contribution in [1.29, 1.82) is 0 Å². The number of amides is 1. The average Bonchev–Trinajstić information content (AvgIpc) is 2.88. The summed E-state index contributed by atoms with van der Waals surface area (Å²) in [6, 6.07) is -0.0939. The molecule has 2 aromatic rings. The molecule has 0 atom stereocenters. The summed E-state index contributed by atoms with van der Waals surface area (Å²) in [5.74, 6) is 0. The Bertz CT molecular complexity index is 477. The van der Waals surface area contributed by atoms with Gasteiger partial charge in [-0.1, -0.05) is 0 Å². The van der Waals surface area contributed by atoms with E-state index in [1.165, 1.54) is 10.9 Å². The number of carbonyl (C=O) groups is 1. The Morgan fingerprint density at radius 1 is 1.62 bits per heavy atom. The second-order valence-electron chi connectivity index (χ2n) is 3.45. The highest BCUT2D eigenvalue weighted by Gasteiger charge is 2.11. The molecule has 84 valence electrons. The van der Waals surface area contributed by atoms with Crippen LogP contribution in [0.3, 0.4) is 0 Å². The minimum atomic E-state index is -0.0939. The first-order valence-corrected chi connectivity index (χ1v) is 5.63. The summed E-state index contributed by atoms with van der Waals surface area (Å²) in [4.78, 5) is 22.6. The Morgan fingerprint density at radius 3 is 3.00 bits per heavy atom. The van der Waals surface area contributed by atoms with Crippen LogP contribution in [0.2, 0.25) is 0 Å². The second kappa shape index (κ2) is 4.44. The monoisotopic (exact) mass is 236 g/mol. The molecule has 0 fully saturated rings. The molecule has 0 bridgehead atoms. The lowest BCUT2D eigenvalue weighted by molar-refractivity contribution is 0.209. The summed E-state index contributed by atoms with van der Waals surface area (Å²) < 4.78 is 1.45. The van der Waals surface area contributed by atoms with E-state index in [-0.39, 0.29) is 6.03 Å². The highest BCUT2D eigenvalue weighted by atomic mass is 32.1. The maximum absolute atomic E-state index is 11.9. The molecule has 1 amide bonds. The van der Waals surface area contributed by atoms with Crippen molar-refractivity contribution in [3.63, 3.8) is 0 Å². The van der Waals surface area contributed by atoms with Gasteiger partial charge in [0.25, 0.3) is 0 Å². The largest absolute Gasteiger partial charge is 0.329 e. The molecule has 0 spiro atoms. The molecule has 0 radical (unpaired) electrons. The maximum atomic E-state index is 11.9. The maximum Gasteiger partial charge on any atom is 0.329 e. The highest BCUT2D eigenvalue weighted by Crippen LogP contribution is 2.13. The van der Waals surface area contributed by atoms with Crippen molar-refractivity contribution in [3.8, 4) is 0 Å². The molecular formula is C10H12N4OS. The van der Waals surface area contributed by atoms with Crippen molar-refractivity contribution in [1.82, 2.24) is 19.4 Å². The number of rotatable bonds is 2. The van der Waals surface area contributed by atoms with E-state index in [0.717, 1.165) is 9.88 Å². The van der Waals surface area contributed by atoms with E-state index >= 15 is 0 Å². The molecule has 0 saturated heterocycles. The van der Waals surface area contributed by atoms with Crippen LogP contribution in [0.25, 0.3) is 0 Å². The SMILES string of the molecule is Cc1ncc(CN(C)C(=O)n2ccnc2)s1. The molecule has 0 aliphatic carbocycles. The molecule has 2 aromatic heterocycles. The molecule has 16 heavy (non-hydrogen) atoms. The minimum absolute atomic E-state index is 0.0939. The smallest absolute Gasteiger partial charge is 0.322 e. The molecule has 0 N–H and O–H groups in total. The molecule has 0 unspecified atom stereocenters. The van der Waals surface area contributed by atoms with Crippen LogP contribution in [-0.4, -0.2) is 32.5 Å². The lowest BCUT2D eigenvalue weighted by Gasteiger charge is -2.15. The Kier molecular flexibility index (Phi) is 3.00. The van der Waals surface area contributed by atoms with Crippen LogP contribution < -0.4 is 0 Å². The van der Waals surface area contributed by atoms with Gasteiger partial charge in [-0.15, -0.1) is 11.3 Å². The Labute approximate surface area is 97.4 Å². The predicted molar refractivity (Wildman–Crippen MR) is 61.3 cm³/mol.